The van der Waals surface area contributed by atoms with Crippen LogP contribution in [0, 0.1) is 35.5 Å². The molecule has 6 N–H and O–H groups in total. The van der Waals surface area contributed by atoms with Crippen LogP contribution in [-0.4, -0.2) is 71.0 Å². The summed E-state index contributed by atoms with van der Waals surface area (Å²) in [5, 5.41) is 59.1. The molecule has 11 aromatic rings. The molecule has 0 spiro atoms. The molecule has 10 aromatic carbocycles. The predicted octanol–water partition coefficient (Wildman–Crippen LogP) is 13.8. The predicted molar refractivity (Wildman–Crippen MR) is 322 cm³/mol. The SMILES string of the molecule is O=C(O)c1ccc(-c2cc(C#Cc3cc(C#Cc4ccc(-n5c6ccc(C(=O)O)cc6c6cc(C(=O)O)ccc65)cc4)cc(C#Cc4cc(-c5ccc(C(=O)O)cc5)cc(-c5ccc(C(=O)O)cc5)c4)c3)cc(-c3ccc(C(=O)O)cc3)c2)cc1. The van der Waals surface area contributed by atoms with E-state index in [-0.39, 0.29) is 33.4 Å². The molecule has 0 radical (unpaired) electrons. The Morgan fingerprint density at radius 2 is 0.482 bits per heavy atom. The number of nitrogens with zero attached hydrogens (tertiary/aromatic N) is 1. The molecule has 0 fully saturated rings. The van der Waals surface area contributed by atoms with Gasteiger partial charge in [-0.2, -0.15) is 0 Å². The zero-order valence-corrected chi connectivity index (χ0v) is 44.3. The van der Waals surface area contributed by atoms with E-state index in [1.165, 1.54) is 72.8 Å². The second kappa shape index (κ2) is 22.9. The highest BCUT2D eigenvalue weighted by atomic mass is 16.4. The highest BCUT2D eigenvalue weighted by Crippen LogP contribution is 2.35. The summed E-state index contributed by atoms with van der Waals surface area (Å²) in [5.74, 6) is 13.3. The Hall–Kier alpha value is -12.5. The first kappa shape index (κ1) is 54.5. The lowest BCUT2D eigenvalue weighted by molar-refractivity contribution is 0.0686. The Morgan fingerprint density at radius 1 is 0.235 bits per heavy atom. The number of carboxylic acid groups (broad SMARTS) is 6. The maximum Gasteiger partial charge on any atom is 0.335 e. The lowest BCUT2D eigenvalue weighted by Gasteiger charge is -2.09. The van der Waals surface area contributed by atoms with Crippen LogP contribution in [-0.2, 0) is 0 Å². The summed E-state index contributed by atoms with van der Waals surface area (Å²) < 4.78 is 1.93. The molecule has 0 unspecified atom stereocenters. The van der Waals surface area contributed by atoms with Gasteiger partial charge in [0, 0.05) is 49.8 Å². The Kier molecular flexibility index (Phi) is 14.7. The van der Waals surface area contributed by atoms with Gasteiger partial charge in [0.25, 0.3) is 0 Å². The van der Waals surface area contributed by atoms with Crippen molar-refractivity contribution in [3.05, 3.63) is 279 Å². The topological polar surface area (TPSA) is 229 Å². The van der Waals surface area contributed by atoms with E-state index in [0.717, 1.165) is 50.2 Å². The second-order valence-corrected chi connectivity index (χ2v) is 19.6. The Labute approximate surface area is 484 Å². The van der Waals surface area contributed by atoms with Gasteiger partial charge in [-0.15, -0.1) is 0 Å². The van der Waals surface area contributed by atoms with Crippen LogP contribution in [0.15, 0.2) is 212 Å². The number of aromatic nitrogens is 1. The fourth-order valence-electron chi connectivity index (χ4n) is 9.83. The Morgan fingerprint density at radius 3 is 0.753 bits per heavy atom. The molecule has 0 amide bonds. The molecule has 0 bridgehead atoms. The van der Waals surface area contributed by atoms with Gasteiger partial charge in [-0.05, 0) is 208 Å². The summed E-state index contributed by atoms with van der Waals surface area (Å²) in [4.78, 5) is 70.9. The van der Waals surface area contributed by atoms with Gasteiger partial charge < -0.3 is 35.2 Å². The number of benzene rings is 10. The van der Waals surface area contributed by atoms with Gasteiger partial charge in [0.1, 0.15) is 0 Å². The molecule has 0 aliphatic heterocycles. The van der Waals surface area contributed by atoms with Gasteiger partial charge >= 0.3 is 35.8 Å². The maximum atomic E-state index is 12.0. The number of hydrogen-bond donors (Lipinski definition) is 6. The molecule has 406 valence electrons. The van der Waals surface area contributed by atoms with E-state index in [1.807, 2.05) is 83.4 Å². The second-order valence-electron chi connectivity index (χ2n) is 19.6. The lowest BCUT2D eigenvalue weighted by atomic mass is 9.95. The van der Waals surface area contributed by atoms with Gasteiger partial charge in [0.05, 0.1) is 44.4 Å². The van der Waals surface area contributed by atoms with E-state index >= 15 is 0 Å². The van der Waals surface area contributed by atoms with E-state index in [2.05, 4.69) is 35.5 Å². The zero-order valence-electron chi connectivity index (χ0n) is 44.3. The van der Waals surface area contributed by atoms with E-state index < -0.39 is 35.8 Å². The van der Waals surface area contributed by atoms with Crippen molar-refractivity contribution in [2.45, 2.75) is 0 Å². The van der Waals surface area contributed by atoms with Crippen LogP contribution in [0.2, 0.25) is 0 Å². The van der Waals surface area contributed by atoms with Crippen molar-refractivity contribution in [2.24, 2.45) is 0 Å². The standard InChI is InChI=1S/C72H41NO12/c74-67(75)52-17-9-48(10-18-52)58-34-46(35-59(38-58)49-11-19-53(20-12-49)68(76)77)5-3-44-31-43(2-1-42-7-27-62(28-8-42)73-65-29-25-56(71(82)83)40-63(65)64-41-57(72(84)85)26-30-66(64)73)32-45(33-44)4-6-47-36-60(50-13-21-54(22-14-50)69(78)79)39-61(37-47)51-15-23-55(24-16-51)70(80)81/h7-41H,(H,74,75)(H,76,77)(H,78,79)(H,80,81)(H,82,83)(H,84,85). The van der Waals surface area contributed by atoms with Crippen molar-refractivity contribution in [3.8, 4) is 85.7 Å². The van der Waals surface area contributed by atoms with Crippen LogP contribution in [0.1, 0.15) is 95.5 Å². The largest absolute Gasteiger partial charge is 0.478 e. The van der Waals surface area contributed by atoms with Crippen molar-refractivity contribution in [1.82, 2.24) is 4.57 Å². The van der Waals surface area contributed by atoms with Crippen molar-refractivity contribution < 1.29 is 59.4 Å². The third kappa shape index (κ3) is 11.9. The summed E-state index contributed by atoms with van der Waals surface area (Å²) in [6.45, 7) is 0. The van der Waals surface area contributed by atoms with E-state index in [0.29, 0.717) is 55.2 Å². The molecule has 85 heavy (non-hydrogen) atoms. The fraction of sp³-hybridized carbons (Fsp3) is 0. The molecular formula is C72H41NO12. The summed E-state index contributed by atoms with van der Waals surface area (Å²) in [5.41, 5.74) is 11.9. The lowest BCUT2D eigenvalue weighted by Crippen LogP contribution is -1.97. The number of carboxylic acids is 6. The van der Waals surface area contributed by atoms with Crippen molar-refractivity contribution in [3.63, 3.8) is 0 Å². The molecule has 0 atom stereocenters. The molecule has 13 heteroatoms. The molecule has 13 nitrogen and oxygen atoms in total. The molecular weight excluding hydrogens is 1070 g/mol. The van der Waals surface area contributed by atoms with Crippen LogP contribution < -0.4 is 0 Å². The first-order chi connectivity index (χ1) is 41.0. The van der Waals surface area contributed by atoms with Gasteiger partial charge in [-0.3, -0.25) is 0 Å². The fourth-order valence-corrected chi connectivity index (χ4v) is 9.83. The monoisotopic (exact) mass is 1110 g/mol. The van der Waals surface area contributed by atoms with Crippen molar-refractivity contribution >= 4 is 57.6 Å². The maximum absolute atomic E-state index is 12.0. The first-order valence-electron chi connectivity index (χ1n) is 26.0. The number of fused-ring (bicyclic) bond motifs is 3. The smallest absolute Gasteiger partial charge is 0.335 e. The average Bonchev–Trinajstić information content (AvgIpc) is 1.87. The molecule has 11 rings (SSSR count). The molecule has 1 aromatic heterocycles. The highest BCUT2D eigenvalue weighted by Gasteiger charge is 2.18. The van der Waals surface area contributed by atoms with E-state index in [9.17, 15) is 59.4 Å². The van der Waals surface area contributed by atoms with E-state index in [4.69, 9.17) is 0 Å². The normalized spacial score (nSPS) is 10.6. The minimum atomic E-state index is -1.12. The van der Waals surface area contributed by atoms with Crippen LogP contribution in [0.4, 0.5) is 0 Å². The molecule has 0 saturated heterocycles. The molecule has 0 aliphatic carbocycles. The van der Waals surface area contributed by atoms with Crippen molar-refractivity contribution in [2.75, 3.05) is 0 Å². The minimum absolute atomic E-state index is 0.0573. The summed E-state index contributed by atoms with van der Waals surface area (Å²) >= 11 is 0. The average molecular weight is 1110 g/mol. The highest BCUT2D eigenvalue weighted by molar-refractivity contribution is 6.13. The summed E-state index contributed by atoms with van der Waals surface area (Å²) in [6.07, 6.45) is 0. The van der Waals surface area contributed by atoms with Gasteiger partial charge in [-0.1, -0.05) is 84.1 Å². The number of rotatable bonds is 11. The van der Waals surface area contributed by atoms with E-state index in [1.54, 1.807) is 60.7 Å². The number of hydrogen-bond acceptors (Lipinski definition) is 6. The molecule has 0 saturated carbocycles. The van der Waals surface area contributed by atoms with Gasteiger partial charge in [0.15, 0.2) is 0 Å². The Bertz CT molecular complexity index is 4390. The molecule has 1 heterocycles. The van der Waals surface area contributed by atoms with Gasteiger partial charge in [-0.25, -0.2) is 28.8 Å². The van der Waals surface area contributed by atoms with Crippen LogP contribution in [0.25, 0.3) is 72.0 Å². The van der Waals surface area contributed by atoms with Crippen LogP contribution >= 0.6 is 0 Å². The Balaban J connectivity index is 1.01. The quantitative estimate of drug-likeness (QED) is 0.0665. The zero-order chi connectivity index (χ0) is 59.5. The first-order valence-corrected chi connectivity index (χ1v) is 26.0. The van der Waals surface area contributed by atoms with Crippen molar-refractivity contribution in [1.29, 1.82) is 0 Å². The number of carbonyl (C=O) groups is 6. The van der Waals surface area contributed by atoms with Crippen LogP contribution in [0.5, 0.6) is 0 Å². The third-order valence-corrected chi connectivity index (χ3v) is 14.1. The third-order valence-electron chi connectivity index (χ3n) is 14.1. The number of aromatic carboxylic acids is 6. The minimum Gasteiger partial charge on any atom is -0.478 e. The summed E-state index contributed by atoms with van der Waals surface area (Å²) in [6, 6.07) is 59.4. The van der Waals surface area contributed by atoms with Gasteiger partial charge in [0.2, 0.25) is 0 Å². The van der Waals surface area contributed by atoms with Crippen LogP contribution in [0.3, 0.4) is 0 Å². The summed E-state index contributed by atoms with van der Waals surface area (Å²) in [7, 11) is 0. The molecule has 0 aliphatic rings.